The summed E-state index contributed by atoms with van der Waals surface area (Å²) in [7, 11) is 0. The first-order valence-electron chi connectivity index (χ1n) is 4.45. The lowest BCUT2D eigenvalue weighted by molar-refractivity contribution is 0.0419. The molecule has 2 heterocycles. The van der Waals surface area contributed by atoms with Crippen molar-refractivity contribution in [1.82, 2.24) is 4.98 Å². The van der Waals surface area contributed by atoms with Crippen LogP contribution in [0, 0.1) is 0 Å². The minimum absolute atomic E-state index is 0.0828. The van der Waals surface area contributed by atoms with Gasteiger partial charge in [0.2, 0.25) is 5.89 Å². The predicted octanol–water partition coefficient (Wildman–Crippen LogP) is 2.65. The van der Waals surface area contributed by atoms with E-state index in [1.54, 1.807) is 6.20 Å². The maximum atomic E-state index is 5.63. The van der Waals surface area contributed by atoms with Crippen LogP contribution in [0.2, 0.25) is 0 Å². The molecule has 1 aromatic heterocycles. The summed E-state index contributed by atoms with van der Waals surface area (Å²) in [6.45, 7) is 2.07. The fraction of sp³-hybridized carbons (Fsp3) is 0.667. The number of hydrogen-bond donors (Lipinski definition) is 0. The Labute approximate surface area is 82.0 Å². The lowest BCUT2D eigenvalue weighted by atomic mass is 10.2. The van der Waals surface area contributed by atoms with Gasteiger partial charge in [-0.2, -0.15) is 0 Å². The van der Waals surface area contributed by atoms with Crippen molar-refractivity contribution >= 4 is 11.6 Å². The molecule has 0 bridgehead atoms. The molecule has 1 aliphatic heterocycles. The molecule has 0 aliphatic carbocycles. The summed E-state index contributed by atoms with van der Waals surface area (Å²) in [5.41, 5.74) is 0. The van der Waals surface area contributed by atoms with Gasteiger partial charge in [-0.3, -0.25) is 0 Å². The van der Waals surface area contributed by atoms with E-state index in [1.165, 1.54) is 0 Å². The van der Waals surface area contributed by atoms with E-state index >= 15 is 0 Å². The van der Waals surface area contributed by atoms with Crippen LogP contribution >= 0.6 is 11.6 Å². The molecule has 13 heavy (non-hydrogen) atoms. The van der Waals surface area contributed by atoms with Crippen LogP contribution in [0.4, 0.5) is 0 Å². The molecular formula is C9H12ClNO2. The van der Waals surface area contributed by atoms with Gasteiger partial charge in [0, 0.05) is 0 Å². The van der Waals surface area contributed by atoms with Crippen molar-refractivity contribution in [2.75, 3.05) is 0 Å². The summed E-state index contributed by atoms with van der Waals surface area (Å²) in [6.07, 6.45) is 4.22. The number of oxazole rings is 1. The molecule has 0 radical (unpaired) electrons. The van der Waals surface area contributed by atoms with Crippen LogP contribution in [0.3, 0.4) is 0 Å². The second kappa shape index (κ2) is 3.68. The Morgan fingerprint density at radius 1 is 1.62 bits per heavy atom. The van der Waals surface area contributed by atoms with E-state index in [2.05, 4.69) is 11.9 Å². The zero-order chi connectivity index (χ0) is 9.26. The van der Waals surface area contributed by atoms with Gasteiger partial charge in [-0.25, -0.2) is 4.98 Å². The fourth-order valence-electron chi connectivity index (χ4n) is 1.55. The molecule has 1 aliphatic rings. The van der Waals surface area contributed by atoms with E-state index in [9.17, 15) is 0 Å². The highest BCUT2D eigenvalue weighted by molar-refractivity contribution is 6.16. The van der Waals surface area contributed by atoms with Crippen LogP contribution in [-0.4, -0.2) is 11.1 Å². The quantitative estimate of drug-likeness (QED) is 0.690. The van der Waals surface area contributed by atoms with Gasteiger partial charge < -0.3 is 9.15 Å². The number of aromatic nitrogens is 1. The molecule has 1 saturated heterocycles. The largest absolute Gasteiger partial charge is 0.442 e. The van der Waals surface area contributed by atoms with Crippen LogP contribution in [0.25, 0.3) is 0 Å². The molecule has 4 heteroatoms. The Morgan fingerprint density at radius 3 is 3.00 bits per heavy atom. The van der Waals surface area contributed by atoms with Crippen LogP contribution in [0.1, 0.15) is 37.5 Å². The van der Waals surface area contributed by atoms with Crippen LogP contribution in [0.15, 0.2) is 10.6 Å². The molecule has 72 valence electrons. The van der Waals surface area contributed by atoms with E-state index < -0.39 is 0 Å². The molecular weight excluding hydrogens is 190 g/mol. The molecule has 3 nitrogen and oxygen atoms in total. The lowest BCUT2D eigenvalue weighted by Gasteiger charge is -2.06. The Morgan fingerprint density at radius 2 is 2.46 bits per heavy atom. The Hall–Kier alpha value is -0.540. The van der Waals surface area contributed by atoms with Crippen molar-refractivity contribution in [3.05, 3.63) is 17.8 Å². The van der Waals surface area contributed by atoms with Gasteiger partial charge in [-0.1, -0.05) is 0 Å². The summed E-state index contributed by atoms with van der Waals surface area (Å²) < 4.78 is 11.0. The van der Waals surface area contributed by atoms with E-state index in [-0.39, 0.29) is 6.10 Å². The maximum absolute atomic E-state index is 5.63. The first kappa shape index (κ1) is 9.03. The first-order valence-corrected chi connectivity index (χ1v) is 4.99. The summed E-state index contributed by atoms with van der Waals surface area (Å²) >= 11 is 5.58. The number of hydrogen-bond acceptors (Lipinski definition) is 3. The van der Waals surface area contributed by atoms with Gasteiger partial charge in [-0.05, 0) is 19.8 Å². The van der Waals surface area contributed by atoms with E-state index in [1.807, 2.05) is 0 Å². The second-order valence-electron chi connectivity index (χ2n) is 3.30. The highest BCUT2D eigenvalue weighted by Crippen LogP contribution is 2.32. The molecule has 2 unspecified atom stereocenters. The zero-order valence-corrected chi connectivity index (χ0v) is 8.25. The first-order chi connectivity index (χ1) is 6.29. The van der Waals surface area contributed by atoms with Gasteiger partial charge in [-0.15, -0.1) is 11.6 Å². The summed E-state index contributed by atoms with van der Waals surface area (Å²) in [5, 5.41) is 0. The Balaban J connectivity index is 2.08. The van der Waals surface area contributed by atoms with Crippen molar-refractivity contribution in [2.45, 2.75) is 37.9 Å². The van der Waals surface area contributed by atoms with Crippen LogP contribution in [-0.2, 0) is 10.6 Å². The standard InChI is InChI=1S/C9H12ClNO2/c1-6-2-3-7(12-6)8-5-11-9(4-10)13-8/h5-7H,2-4H2,1H3. The maximum Gasteiger partial charge on any atom is 0.209 e. The molecule has 2 rings (SSSR count). The molecule has 1 fully saturated rings. The second-order valence-corrected chi connectivity index (χ2v) is 3.57. The fourth-order valence-corrected chi connectivity index (χ4v) is 1.67. The topological polar surface area (TPSA) is 35.3 Å². The summed E-state index contributed by atoms with van der Waals surface area (Å²) in [6, 6.07) is 0. The molecule has 0 amide bonds. The minimum atomic E-state index is 0.0828. The Bertz CT molecular complexity index is 287. The van der Waals surface area contributed by atoms with E-state index in [4.69, 9.17) is 20.8 Å². The monoisotopic (exact) mass is 201 g/mol. The number of rotatable bonds is 2. The third-order valence-electron chi connectivity index (χ3n) is 2.24. The molecule has 0 spiro atoms. The molecule has 2 atom stereocenters. The zero-order valence-electron chi connectivity index (χ0n) is 7.50. The Kier molecular flexibility index (Phi) is 2.56. The molecule has 1 aromatic rings. The van der Waals surface area contributed by atoms with Crippen LogP contribution < -0.4 is 0 Å². The highest BCUT2D eigenvalue weighted by Gasteiger charge is 2.26. The number of halogens is 1. The van der Waals surface area contributed by atoms with Crippen molar-refractivity contribution in [3.8, 4) is 0 Å². The van der Waals surface area contributed by atoms with E-state index in [0.717, 1.165) is 18.6 Å². The van der Waals surface area contributed by atoms with Gasteiger partial charge in [0.1, 0.15) is 6.10 Å². The molecule has 0 saturated carbocycles. The molecule has 0 aromatic carbocycles. The number of nitrogens with zero attached hydrogens (tertiary/aromatic N) is 1. The number of alkyl halides is 1. The van der Waals surface area contributed by atoms with Crippen molar-refractivity contribution in [2.24, 2.45) is 0 Å². The van der Waals surface area contributed by atoms with Crippen molar-refractivity contribution in [3.63, 3.8) is 0 Å². The number of ether oxygens (including phenoxy) is 1. The van der Waals surface area contributed by atoms with Gasteiger partial charge >= 0.3 is 0 Å². The summed E-state index contributed by atoms with van der Waals surface area (Å²) in [4.78, 5) is 4.03. The highest BCUT2D eigenvalue weighted by atomic mass is 35.5. The third-order valence-corrected chi connectivity index (χ3v) is 2.46. The minimum Gasteiger partial charge on any atom is -0.442 e. The predicted molar refractivity (Wildman–Crippen MR) is 48.6 cm³/mol. The van der Waals surface area contributed by atoms with Crippen molar-refractivity contribution < 1.29 is 9.15 Å². The summed E-state index contributed by atoms with van der Waals surface area (Å²) in [5.74, 6) is 1.70. The SMILES string of the molecule is CC1CCC(c2cnc(CCl)o2)O1. The van der Waals surface area contributed by atoms with Crippen LogP contribution in [0.5, 0.6) is 0 Å². The normalized spacial score (nSPS) is 28.2. The molecule has 0 N–H and O–H groups in total. The van der Waals surface area contributed by atoms with E-state index in [0.29, 0.717) is 17.9 Å². The smallest absolute Gasteiger partial charge is 0.209 e. The average molecular weight is 202 g/mol. The van der Waals surface area contributed by atoms with Gasteiger partial charge in [0.15, 0.2) is 5.76 Å². The van der Waals surface area contributed by atoms with Crippen molar-refractivity contribution in [1.29, 1.82) is 0 Å². The van der Waals surface area contributed by atoms with Gasteiger partial charge in [0.05, 0.1) is 18.2 Å². The van der Waals surface area contributed by atoms with Gasteiger partial charge in [0.25, 0.3) is 0 Å². The average Bonchev–Trinajstić information content (AvgIpc) is 2.71. The lowest BCUT2D eigenvalue weighted by Crippen LogP contribution is -1.99. The third kappa shape index (κ3) is 1.86.